The zero-order valence-electron chi connectivity index (χ0n) is 16.9. The van der Waals surface area contributed by atoms with Gasteiger partial charge in [0.05, 0.1) is 11.3 Å². The third kappa shape index (κ3) is 4.13. The van der Waals surface area contributed by atoms with E-state index in [1.54, 1.807) is 36.4 Å². The normalized spacial score (nSPS) is 10.5. The summed E-state index contributed by atoms with van der Waals surface area (Å²) in [6.07, 6.45) is 0. The number of para-hydroxylation sites is 1. The van der Waals surface area contributed by atoms with Crippen LogP contribution in [-0.4, -0.2) is 21.6 Å². The van der Waals surface area contributed by atoms with Crippen LogP contribution in [0.25, 0.3) is 22.1 Å². The number of rotatable bonds is 5. The topological polar surface area (TPSA) is 154 Å². The number of nitriles is 2. The number of fused-ring (bicyclic) bond motifs is 1. The highest BCUT2D eigenvalue weighted by atomic mass is 32.2. The molecule has 0 atom stereocenters. The Morgan fingerprint density at radius 2 is 1.79 bits per heavy atom. The summed E-state index contributed by atoms with van der Waals surface area (Å²) in [7, 11) is 0. The molecule has 0 aliphatic rings. The molecule has 0 amide bonds. The molecule has 0 radical (unpaired) electrons. The van der Waals surface area contributed by atoms with Crippen LogP contribution >= 0.6 is 11.8 Å². The van der Waals surface area contributed by atoms with Crippen LogP contribution < -0.4 is 11.4 Å². The van der Waals surface area contributed by atoms with Crippen molar-refractivity contribution >= 4 is 34.3 Å². The van der Waals surface area contributed by atoms with Crippen molar-refractivity contribution < 1.29 is 14.3 Å². The number of phenolic OH excluding ortho intramolecular Hbond substituents is 1. The molecule has 2 aromatic carbocycles. The summed E-state index contributed by atoms with van der Waals surface area (Å²) in [5.41, 5.74) is 6.30. The molecule has 0 aliphatic heterocycles. The first-order valence-electron chi connectivity index (χ1n) is 9.55. The summed E-state index contributed by atoms with van der Waals surface area (Å²) < 4.78 is 5.22. The predicted molar refractivity (Wildman–Crippen MR) is 123 cm³/mol. The smallest absolute Gasteiger partial charge is 0.347 e. The van der Waals surface area contributed by atoms with E-state index in [1.165, 1.54) is 18.2 Å². The fraction of sp³-hybridized carbons (Fsp3) is 0.0417. The van der Waals surface area contributed by atoms with Gasteiger partial charge in [-0.05, 0) is 29.8 Å². The SMILES string of the molecule is N#Cc1c(N)nc(SCC(=O)c2cc3ccccc3oc2=O)c(C#N)c1-c1ccc(O)cc1. The minimum Gasteiger partial charge on any atom is -0.508 e. The molecule has 9 heteroatoms. The van der Waals surface area contributed by atoms with E-state index in [0.29, 0.717) is 16.5 Å². The van der Waals surface area contributed by atoms with Crippen LogP contribution in [0.1, 0.15) is 21.5 Å². The molecule has 4 aromatic rings. The van der Waals surface area contributed by atoms with Crippen LogP contribution in [0, 0.1) is 22.7 Å². The van der Waals surface area contributed by atoms with Crippen molar-refractivity contribution in [3.8, 4) is 29.0 Å². The first kappa shape index (κ1) is 21.6. The quantitative estimate of drug-likeness (QED) is 0.260. The number of nitrogens with zero attached hydrogens (tertiary/aromatic N) is 3. The molecule has 160 valence electrons. The molecule has 0 saturated heterocycles. The summed E-state index contributed by atoms with van der Waals surface area (Å²) >= 11 is 0.932. The van der Waals surface area contributed by atoms with Gasteiger partial charge in [0.15, 0.2) is 5.78 Å². The Labute approximate surface area is 191 Å². The predicted octanol–water partition coefficient (Wildman–Crippen LogP) is 3.86. The Hall–Kier alpha value is -4.60. The van der Waals surface area contributed by atoms with E-state index in [4.69, 9.17) is 10.2 Å². The van der Waals surface area contributed by atoms with E-state index in [9.17, 15) is 25.2 Å². The zero-order valence-corrected chi connectivity index (χ0v) is 17.7. The summed E-state index contributed by atoms with van der Waals surface area (Å²) in [5, 5.41) is 29.7. The molecule has 2 heterocycles. The highest BCUT2D eigenvalue weighted by Crippen LogP contribution is 2.36. The van der Waals surface area contributed by atoms with Crippen LogP contribution in [0.3, 0.4) is 0 Å². The van der Waals surface area contributed by atoms with Gasteiger partial charge in [-0.2, -0.15) is 10.5 Å². The Balaban J connectivity index is 1.72. The maximum atomic E-state index is 12.8. The molecule has 33 heavy (non-hydrogen) atoms. The van der Waals surface area contributed by atoms with Crippen molar-refractivity contribution in [2.45, 2.75) is 5.03 Å². The van der Waals surface area contributed by atoms with Crippen LogP contribution in [-0.2, 0) is 0 Å². The second-order valence-corrected chi connectivity index (χ2v) is 7.86. The van der Waals surface area contributed by atoms with Gasteiger partial charge in [-0.1, -0.05) is 42.1 Å². The number of carbonyl (C=O) groups excluding carboxylic acids is 1. The number of ketones is 1. The van der Waals surface area contributed by atoms with E-state index >= 15 is 0 Å². The number of carbonyl (C=O) groups is 1. The lowest BCUT2D eigenvalue weighted by atomic mass is 9.97. The van der Waals surface area contributed by atoms with E-state index < -0.39 is 11.4 Å². The Kier molecular flexibility index (Phi) is 5.81. The van der Waals surface area contributed by atoms with Crippen molar-refractivity contribution in [1.29, 1.82) is 10.5 Å². The molecule has 2 aromatic heterocycles. The number of phenols is 1. The number of Topliss-reactive ketones (excluding diaryl/α,β-unsaturated/α-hetero) is 1. The number of hydrogen-bond donors (Lipinski definition) is 2. The van der Waals surface area contributed by atoms with E-state index in [2.05, 4.69) is 4.98 Å². The standard InChI is InChI=1S/C24H14N4O4S/c25-10-17-21(13-5-7-15(29)8-6-13)18(11-26)23(28-22(17)27)33-12-19(30)16-9-14-3-1-2-4-20(14)32-24(16)31/h1-9,29H,12H2,(H2,27,28). The number of anilines is 1. The first-order chi connectivity index (χ1) is 15.9. The molecule has 0 fully saturated rings. The number of aromatic hydroxyl groups is 1. The average Bonchev–Trinajstić information content (AvgIpc) is 2.82. The summed E-state index contributed by atoms with van der Waals surface area (Å²) in [4.78, 5) is 29.2. The number of pyridine rings is 1. The number of nitrogen functional groups attached to an aromatic ring is 1. The van der Waals surface area contributed by atoms with Crippen molar-refractivity contribution in [3.05, 3.63) is 81.7 Å². The van der Waals surface area contributed by atoms with Gasteiger partial charge in [-0.3, -0.25) is 4.79 Å². The highest BCUT2D eigenvalue weighted by molar-refractivity contribution is 8.00. The van der Waals surface area contributed by atoms with Gasteiger partial charge in [-0.25, -0.2) is 9.78 Å². The van der Waals surface area contributed by atoms with Crippen LogP contribution in [0.5, 0.6) is 5.75 Å². The van der Waals surface area contributed by atoms with Crippen LogP contribution in [0.4, 0.5) is 5.82 Å². The molecule has 0 bridgehead atoms. The third-order valence-corrected chi connectivity index (χ3v) is 5.83. The van der Waals surface area contributed by atoms with Gasteiger partial charge < -0.3 is 15.3 Å². The monoisotopic (exact) mass is 454 g/mol. The van der Waals surface area contributed by atoms with Gasteiger partial charge in [0.2, 0.25) is 0 Å². The number of thioether (sulfide) groups is 1. The fourth-order valence-corrected chi connectivity index (χ4v) is 4.17. The summed E-state index contributed by atoms with van der Waals surface area (Å²) in [6, 6.07) is 18.2. The zero-order chi connectivity index (χ0) is 23.5. The largest absolute Gasteiger partial charge is 0.508 e. The molecule has 0 aliphatic carbocycles. The molecule has 3 N–H and O–H groups in total. The Morgan fingerprint density at radius 3 is 2.48 bits per heavy atom. The van der Waals surface area contributed by atoms with Crippen molar-refractivity contribution in [2.75, 3.05) is 11.5 Å². The summed E-state index contributed by atoms with van der Waals surface area (Å²) in [6.45, 7) is 0. The van der Waals surface area contributed by atoms with Crippen LogP contribution in [0.15, 0.2) is 68.8 Å². The third-order valence-electron chi connectivity index (χ3n) is 4.85. The lowest BCUT2D eigenvalue weighted by molar-refractivity contribution is 0.101. The number of aromatic nitrogens is 1. The van der Waals surface area contributed by atoms with Gasteiger partial charge in [0.1, 0.15) is 45.4 Å². The van der Waals surface area contributed by atoms with Crippen molar-refractivity contribution in [2.24, 2.45) is 0 Å². The highest BCUT2D eigenvalue weighted by Gasteiger charge is 2.22. The molecule has 0 unspecified atom stereocenters. The molecule has 0 spiro atoms. The van der Waals surface area contributed by atoms with E-state index in [-0.39, 0.29) is 44.6 Å². The fourth-order valence-electron chi connectivity index (χ4n) is 3.29. The minimum atomic E-state index is -0.753. The second-order valence-electron chi connectivity index (χ2n) is 6.89. The van der Waals surface area contributed by atoms with Gasteiger partial charge in [-0.15, -0.1) is 0 Å². The minimum absolute atomic E-state index is 0.0167. The average molecular weight is 454 g/mol. The summed E-state index contributed by atoms with van der Waals surface area (Å²) in [5.74, 6) is -0.781. The van der Waals surface area contributed by atoms with Gasteiger partial charge >= 0.3 is 5.63 Å². The molecular weight excluding hydrogens is 440 g/mol. The van der Waals surface area contributed by atoms with Crippen molar-refractivity contribution in [3.63, 3.8) is 0 Å². The number of nitrogens with two attached hydrogens (primary N) is 1. The van der Waals surface area contributed by atoms with E-state index in [0.717, 1.165) is 11.8 Å². The molecular formula is C24H14N4O4S. The van der Waals surface area contributed by atoms with Gasteiger partial charge in [0.25, 0.3) is 0 Å². The molecule has 4 rings (SSSR count). The lowest BCUT2D eigenvalue weighted by Crippen LogP contribution is -2.16. The molecule has 8 nitrogen and oxygen atoms in total. The Bertz CT molecular complexity index is 1550. The molecule has 0 saturated carbocycles. The maximum absolute atomic E-state index is 12.8. The lowest BCUT2D eigenvalue weighted by Gasteiger charge is -2.13. The first-order valence-corrected chi connectivity index (χ1v) is 10.5. The van der Waals surface area contributed by atoms with Crippen LogP contribution in [0.2, 0.25) is 0 Å². The van der Waals surface area contributed by atoms with E-state index in [1.807, 2.05) is 12.1 Å². The number of hydrogen-bond acceptors (Lipinski definition) is 9. The Morgan fingerprint density at radius 1 is 1.09 bits per heavy atom. The van der Waals surface area contributed by atoms with Crippen molar-refractivity contribution in [1.82, 2.24) is 4.98 Å². The second kappa shape index (κ2) is 8.87. The maximum Gasteiger partial charge on any atom is 0.347 e. The number of benzene rings is 2. The van der Waals surface area contributed by atoms with Gasteiger partial charge in [0, 0.05) is 10.9 Å².